The van der Waals surface area contributed by atoms with Gasteiger partial charge in [0.1, 0.15) is 13.6 Å². The molecule has 0 saturated heterocycles. The Labute approximate surface area is 160 Å². The lowest BCUT2D eigenvalue weighted by atomic mass is 9.94. The van der Waals surface area contributed by atoms with E-state index in [1.807, 2.05) is 13.9 Å². The van der Waals surface area contributed by atoms with Crippen LogP contribution in [0.4, 0.5) is 0 Å². The lowest BCUT2D eigenvalue weighted by molar-refractivity contribution is -0.139. The number of carboxylic acid groups (broad SMARTS) is 1. The van der Waals surface area contributed by atoms with Crippen molar-refractivity contribution >= 4 is 42.5 Å². The molecule has 6 nitrogen and oxygen atoms in total. The summed E-state index contributed by atoms with van der Waals surface area (Å²) in [5.41, 5.74) is 2.30. The molecule has 1 aromatic heterocycles. The molecule has 0 atom stereocenters. The van der Waals surface area contributed by atoms with E-state index in [0.717, 1.165) is 11.0 Å². The Kier molecular flexibility index (Phi) is 5.49. The Morgan fingerprint density at radius 1 is 1.23 bits per heavy atom. The van der Waals surface area contributed by atoms with Crippen LogP contribution in [0.25, 0.3) is 11.5 Å². The first-order chi connectivity index (χ1) is 12.4. The van der Waals surface area contributed by atoms with Crippen molar-refractivity contribution in [2.45, 2.75) is 6.42 Å². The van der Waals surface area contributed by atoms with Gasteiger partial charge in [-0.05, 0) is 23.8 Å². The number of aliphatic carboxylic acids is 1. The number of hydrogen-bond acceptors (Lipinski definition) is 5. The molecule has 0 aliphatic heterocycles. The molecule has 3 rings (SSSR count). The number of carbonyl (C=O) groups is 1. The molecule has 3 aromatic rings. The maximum atomic E-state index is 10.8. The maximum absolute atomic E-state index is 10.8. The van der Waals surface area contributed by atoms with E-state index in [0.29, 0.717) is 33.6 Å². The van der Waals surface area contributed by atoms with E-state index in [1.165, 1.54) is 0 Å². The highest BCUT2D eigenvalue weighted by Crippen LogP contribution is 2.29. The maximum Gasteiger partial charge on any atom is 0.341 e. The highest BCUT2D eigenvalue weighted by atomic mass is 35.5. The Hall–Kier alpha value is -2.51. The number of benzene rings is 2. The second-order valence-electron chi connectivity index (χ2n) is 5.61. The van der Waals surface area contributed by atoms with Crippen LogP contribution in [-0.2, 0) is 11.2 Å². The van der Waals surface area contributed by atoms with Crippen LogP contribution in [0.2, 0.25) is 10.0 Å². The van der Waals surface area contributed by atoms with Crippen molar-refractivity contribution in [3.63, 3.8) is 0 Å². The highest BCUT2D eigenvalue weighted by Gasteiger charge is 2.16. The summed E-state index contributed by atoms with van der Waals surface area (Å²) in [6.07, 6.45) is 0.372. The van der Waals surface area contributed by atoms with Crippen LogP contribution in [-0.4, -0.2) is 35.7 Å². The second-order valence-corrected chi connectivity index (χ2v) is 6.45. The van der Waals surface area contributed by atoms with Crippen LogP contribution in [0.15, 0.2) is 40.9 Å². The summed E-state index contributed by atoms with van der Waals surface area (Å²) < 4.78 is 10.6. The first kappa shape index (κ1) is 18.3. The predicted octanol–water partition coefficient (Wildman–Crippen LogP) is 2.36. The molecule has 26 heavy (non-hydrogen) atoms. The SMILES string of the molecule is Bc1ccc(OCC(=O)O)c(-c2nc(Cc3ccc(Cl)cc3Cl)no2)c1. The van der Waals surface area contributed by atoms with Crippen molar-refractivity contribution < 1.29 is 19.2 Å². The first-order valence-electron chi connectivity index (χ1n) is 7.64. The zero-order valence-corrected chi connectivity index (χ0v) is 15.2. The molecular formula is C17H13BCl2N2O4. The van der Waals surface area contributed by atoms with Crippen LogP contribution in [0.5, 0.6) is 5.75 Å². The number of aromatic nitrogens is 2. The Morgan fingerprint density at radius 3 is 2.77 bits per heavy atom. The van der Waals surface area contributed by atoms with Crippen molar-refractivity contribution in [3.8, 4) is 17.2 Å². The highest BCUT2D eigenvalue weighted by molar-refractivity contribution is 6.35. The van der Waals surface area contributed by atoms with Crippen LogP contribution >= 0.6 is 23.2 Å². The van der Waals surface area contributed by atoms with Gasteiger partial charge in [0, 0.05) is 16.5 Å². The van der Waals surface area contributed by atoms with Gasteiger partial charge in [-0.15, -0.1) is 0 Å². The lowest BCUT2D eigenvalue weighted by Gasteiger charge is -2.08. The third-order valence-electron chi connectivity index (χ3n) is 3.55. The van der Waals surface area contributed by atoms with Gasteiger partial charge >= 0.3 is 5.97 Å². The third-order valence-corrected chi connectivity index (χ3v) is 4.14. The van der Waals surface area contributed by atoms with Crippen molar-refractivity contribution in [2.75, 3.05) is 6.61 Å². The molecular weight excluding hydrogens is 378 g/mol. The molecule has 0 spiro atoms. The number of rotatable bonds is 6. The minimum atomic E-state index is -1.07. The molecule has 0 aliphatic rings. The molecule has 1 heterocycles. The molecule has 132 valence electrons. The molecule has 0 bridgehead atoms. The van der Waals surface area contributed by atoms with Crippen molar-refractivity contribution in [1.29, 1.82) is 0 Å². The largest absolute Gasteiger partial charge is 0.481 e. The molecule has 0 radical (unpaired) electrons. The minimum absolute atomic E-state index is 0.245. The Balaban J connectivity index is 1.87. The Morgan fingerprint density at radius 2 is 2.04 bits per heavy atom. The van der Waals surface area contributed by atoms with Crippen LogP contribution in [0, 0.1) is 0 Å². The van der Waals surface area contributed by atoms with E-state index in [1.54, 1.807) is 30.3 Å². The normalized spacial score (nSPS) is 10.7. The standard InChI is InChI=1S/C17H13BCl2N2O4/c18-10-2-4-14(25-8-16(23)24)12(6-10)17-21-15(22-26-17)5-9-1-3-11(19)7-13(9)20/h1-4,6-7H,5,8,18H2,(H,23,24). The molecule has 0 saturated carbocycles. The van der Waals surface area contributed by atoms with Crippen LogP contribution in [0.3, 0.4) is 0 Å². The van der Waals surface area contributed by atoms with Gasteiger partial charge in [-0.2, -0.15) is 4.98 Å². The number of nitrogens with zero attached hydrogens (tertiary/aromatic N) is 2. The van der Waals surface area contributed by atoms with Crippen LogP contribution < -0.4 is 10.2 Å². The summed E-state index contributed by atoms with van der Waals surface area (Å²) in [6.45, 7) is -0.461. The van der Waals surface area contributed by atoms with Gasteiger partial charge in [0.15, 0.2) is 12.4 Å². The quantitative estimate of drug-likeness (QED) is 0.650. The van der Waals surface area contributed by atoms with E-state index >= 15 is 0 Å². The molecule has 0 amide bonds. The molecule has 0 unspecified atom stereocenters. The third kappa shape index (κ3) is 4.36. The topological polar surface area (TPSA) is 85.5 Å². The van der Waals surface area contributed by atoms with E-state index < -0.39 is 12.6 Å². The fourth-order valence-electron chi connectivity index (χ4n) is 2.35. The fourth-order valence-corrected chi connectivity index (χ4v) is 2.82. The molecule has 9 heteroatoms. The first-order valence-corrected chi connectivity index (χ1v) is 8.40. The van der Waals surface area contributed by atoms with Gasteiger partial charge in [-0.1, -0.05) is 52.0 Å². The van der Waals surface area contributed by atoms with Gasteiger partial charge in [-0.3, -0.25) is 0 Å². The number of hydrogen-bond donors (Lipinski definition) is 1. The molecule has 0 aliphatic carbocycles. The van der Waals surface area contributed by atoms with E-state index in [9.17, 15) is 4.79 Å². The summed E-state index contributed by atoms with van der Waals surface area (Å²) in [7, 11) is 1.90. The fraction of sp³-hybridized carbons (Fsp3) is 0.118. The van der Waals surface area contributed by atoms with Crippen molar-refractivity contribution in [1.82, 2.24) is 10.1 Å². The van der Waals surface area contributed by atoms with Gasteiger partial charge in [0.05, 0.1) is 5.56 Å². The molecule has 0 fully saturated rings. The Bertz CT molecular complexity index is 962. The smallest absolute Gasteiger partial charge is 0.341 e. The van der Waals surface area contributed by atoms with Gasteiger partial charge in [-0.25, -0.2) is 4.79 Å². The van der Waals surface area contributed by atoms with Crippen LogP contribution in [0.1, 0.15) is 11.4 Å². The average Bonchev–Trinajstić information content (AvgIpc) is 3.04. The lowest BCUT2D eigenvalue weighted by Crippen LogP contribution is -2.11. The van der Waals surface area contributed by atoms with Crippen molar-refractivity contribution in [2.24, 2.45) is 0 Å². The second kappa shape index (κ2) is 7.80. The zero-order chi connectivity index (χ0) is 18.7. The zero-order valence-electron chi connectivity index (χ0n) is 13.7. The monoisotopic (exact) mass is 390 g/mol. The summed E-state index contributed by atoms with van der Waals surface area (Å²) in [5, 5.41) is 13.8. The summed E-state index contributed by atoms with van der Waals surface area (Å²) in [6, 6.07) is 10.5. The van der Waals surface area contributed by atoms with E-state index in [4.69, 9.17) is 37.6 Å². The summed E-state index contributed by atoms with van der Waals surface area (Å²) in [5.74, 6) is -0.0260. The predicted molar refractivity (Wildman–Crippen MR) is 100 cm³/mol. The average molecular weight is 391 g/mol. The number of halogens is 2. The van der Waals surface area contributed by atoms with Gasteiger partial charge < -0.3 is 14.4 Å². The summed E-state index contributed by atoms with van der Waals surface area (Å²) in [4.78, 5) is 15.1. The van der Waals surface area contributed by atoms with E-state index in [2.05, 4.69) is 10.1 Å². The molecule has 1 N–H and O–H groups in total. The number of carboxylic acids is 1. The van der Waals surface area contributed by atoms with Crippen molar-refractivity contribution in [3.05, 3.63) is 57.8 Å². The van der Waals surface area contributed by atoms with Gasteiger partial charge in [0.2, 0.25) is 0 Å². The summed E-state index contributed by atoms with van der Waals surface area (Å²) >= 11 is 12.1. The van der Waals surface area contributed by atoms with E-state index in [-0.39, 0.29) is 5.89 Å². The molecule has 2 aromatic carbocycles. The number of ether oxygens (including phenoxy) is 1. The minimum Gasteiger partial charge on any atom is -0.481 e. The van der Waals surface area contributed by atoms with Gasteiger partial charge in [0.25, 0.3) is 5.89 Å².